The molecule has 3 N–H and O–H groups in total. The van der Waals surface area contributed by atoms with Crippen LogP contribution in [0.15, 0.2) is 18.2 Å². The van der Waals surface area contributed by atoms with Gasteiger partial charge in [0.15, 0.2) is 0 Å². The molecular formula is C23H32N4O3. The van der Waals surface area contributed by atoms with Gasteiger partial charge in [-0.2, -0.15) is 0 Å². The van der Waals surface area contributed by atoms with Crippen LogP contribution in [0.4, 0.5) is 5.69 Å². The number of carbonyl (C=O) groups excluding carboxylic acids is 3. The van der Waals surface area contributed by atoms with Crippen molar-refractivity contribution in [2.45, 2.75) is 77.0 Å². The first kappa shape index (κ1) is 20.8. The third-order valence-electron chi connectivity index (χ3n) is 6.43. The van der Waals surface area contributed by atoms with E-state index < -0.39 is 6.04 Å². The van der Waals surface area contributed by atoms with Gasteiger partial charge in [0.05, 0.1) is 0 Å². The van der Waals surface area contributed by atoms with Crippen molar-refractivity contribution >= 4 is 23.4 Å². The van der Waals surface area contributed by atoms with Gasteiger partial charge in [-0.3, -0.25) is 19.7 Å². The number of nitrogens with zero attached hydrogens (tertiary/aromatic N) is 1. The van der Waals surface area contributed by atoms with Crippen LogP contribution in [0.1, 0.15) is 68.3 Å². The second-order valence-corrected chi connectivity index (χ2v) is 9.22. The largest absolute Gasteiger partial charge is 0.381 e. The molecule has 1 aliphatic carbocycles. The van der Waals surface area contributed by atoms with Crippen LogP contribution in [0.2, 0.25) is 0 Å². The number of rotatable bonds is 6. The van der Waals surface area contributed by atoms with Crippen molar-refractivity contribution in [3.8, 4) is 0 Å². The van der Waals surface area contributed by atoms with Gasteiger partial charge in [0, 0.05) is 36.3 Å². The first-order chi connectivity index (χ1) is 14.4. The van der Waals surface area contributed by atoms with E-state index in [0.29, 0.717) is 36.5 Å². The fourth-order valence-electron chi connectivity index (χ4n) is 4.81. The molecule has 0 bridgehead atoms. The van der Waals surface area contributed by atoms with E-state index in [1.54, 1.807) is 4.90 Å². The molecular weight excluding hydrogens is 380 g/mol. The summed E-state index contributed by atoms with van der Waals surface area (Å²) in [6.45, 7) is 5.88. The molecule has 4 rings (SSSR count). The van der Waals surface area contributed by atoms with Crippen LogP contribution >= 0.6 is 0 Å². The first-order valence-electron chi connectivity index (χ1n) is 11.2. The van der Waals surface area contributed by atoms with Crippen LogP contribution < -0.4 is 16.0 Å². The number of benzene rings is 1. The van der Waals surface area contributed by atoms with Crippen LogP contribution in [0, 0.1) is 5.92 Å². The number of amides is 3. The smallest absolute Gasteiger partial charge is 0.255 e. The van der Waals surface area contributed by atoms with E-state index >= 15 is 0 Å². The quantitative estimate of drug-likeness (QED) is 0.625. The van der Waals surface area contributed by atoms with Crippen molar-refractivity contribution in [2.75, 3.05) is 11.9 Å². The van der Waals surface area contributed by atoms with E-state index in [4.69, 9.17) is 0 Å². The highest BCUT2D eigenvalue weighted by Gasteiger charge is 2.39. The highest BCUT2D eigenvalue weighted by Crippen LogP contribution is 2.30. The summed E-state index contributed by atoms with van der Waals surface area (Å²) in [5.74, 6) is -0.135. The number of fused-ring (bicyclic) bond motifs is 1. The topological polar surface area (TPSA) is 90.5 Å². The van der Waals surface area contributed by atoms with E-state index in [0.717, 1.165) is 24.2 Å². The number of carbonyl (C=O) groups is 3. The summed E-state index contributed by atoms with van der Waals surface area (Å²) in [7, 11) is 0. The Balaban J connectivity index is 1.44. The fourth-order valence-corrected chi connectivity index (χ4v) is 4.81. The van der Waals surface area contributed by atoms with Crippen LogP contribution in [0.25, 0.3) is 0 Å². The van der Waals surface area contributed by atoms with E-state index in [2.05, 4.69) is 29.8 Å². The van der Waals surface area contributed by atoms with Crippen molar-refractivity contribution in [3.63, 3.8) is 0 Å². The molecule has 3 aliphatic rings. The monoisotopic (exact) mass is 412 g/mol. The standard InChI is InChI=1S/C23H32N4O3/c1-14(2)12-24-18-5-3-4-6-19(18)25-16-7-8-17-15(11-16)13-27(23(17)30)20-9-10-21(28)26-22(20)29/h7-8,11,14,18-20,24-25H,3-6,9-10,12-13H2,1-2H3,(H,26,28,29)/t18-,19?,20?/m0/s1. The van der Waals surface area contributed by atoms with Gasteiger partial charge >= 0.3 is 0 Å². The number of imide groups is 1. The molecule has 162 valence electrons. The molecule has 0 aromatic heterocycles. The summed E-state index contributed by atoms with van der Waals surface area (Å²) >= 11 is 0. The molecule has 30 heavy (non-hydrogen) atoms. The zero-order valence-corrected chi connectivity index (χ0v) is 17.9. The van der Waals surface area contributed by atoms with Gasteiger partial charge in [-0.05, 0) is 55.5 Å². The van der Waals surface area contributed by atoms with Crippen molar-refractivity contribution in [3.05, 3.63) is 29.3 Å². The molecule has 1 saturated heterocycles. The molecule has 7 nitrogen and oxygen atoms in total. The Morgan fingerprint density at radius 2 is 1.87 bits per heavy atom. The lowest BCUT2D eigenvalue weighted by Gasteiger charge is -2.34. The lowest BCUT2D eigenvalue weighted by Crippen LogP contribution is -2.52. The molecule has 2 heterocycles. The minimum atomic E-state index is -0.568. The minimum Gasteiger partial charge on any atom is -0.381 e. The molecule has 3 amide bonds. The Morgan fingerprint density at radius 1 is 1.10 bits per heavy atom. The van der Waals surface area contributed by atoms with E-state index in [1.807, 2.05) is 18.2 Å². The molecule has 1 aromatic rings. The van der Waals surface area contributed by atoms with Crippen molar-refractivity contribution < 1.29 is 14.4 Å². The molecule has 1 saturated carbocycles. The molecule has 0 spiro atoms. The van der Waals surface area contributed by atoms with Crippen molar-refractivity contribution in [2.24, 2.45) is 5.92 Å². The Bertz CT molecular complexity index is 838. The maximum atomic E-state index is 12.9. The van der Waals surface area contributed by atoms with E-state index in [9.17, 15) is 14.4 Å². The molecule has 0 radical (unpaired) electrons. The summed E-state index contributed by atoms with van der Waals surface area (Å²) in [6, 6.07) is 6.15. The van der Waals surface area contributed by atoms with E-state index in [1.165, 1.54) is 19.3 Å². The maximum absolute atomic E-state index is 12.9. The molecule has 2 fully saturated rings. The number of nitrogens with one attached hydrogen (secondary N) is 3. The number of hydrogen-bond donors (Lipinski definition) is 3. The average molecular weight is 413 g/mol. The minimum absolute atomic E-state index is 0.125. The lowest BCUT2D eigenvalue weighted by atomic mass is 9.89. The molecule has 7 heteroatoms. The molecule has 3 atom stereocenters. The predicted octanol–water partition coefficient (Wildman–Crippen LogP) is 2.42. The van der Waals surface area contributed by atoms with Crippen LogP contribution in [-0.4, -0.2) is 47.3 Å². The Kier molecular flexibility index (Phi) is 6.09. The third-order valence-corrected chi connectivity index (χ3v) is 6.43. The van der Waals surface area contributed by atoms with Gasteiger partial charge in [-0.15, -0.1) is 0 Å². The van der Waals surface area contributed by atoms with Crippen molar-refractivity contribution in [1.29, 1.82) is 0 Å². The van der Waals surface area contributed by atoms with Gasteiger partial charge < -0.3 is 15.5 Å². The SMILES string of the molecule is CC(C)CN[C@H]1CCCCC1Nc1ccc2c(c1)CN(C1CCC(=O)NC1=O)C2=O. The van der Waals surface area contributed by atoms with Crippen molar-refractivity contribution in [1.82, 2.24) is 15.5 Å². The van der Waals surface area contributed by atoms with Gasteiger partial charge in [-0.1, -0.05) is 26.7 Å². The lowest BCUT2D eigenvalue weighted by molar-refractivity contribution is -0.136. The molecule has 2 unspecified atom stereocenters. The van der Waals surface area contributed by atoms with Gasteiger partial charge in [-0.25, -0.2) is 0 Å². The second kappa shape index (κ2) is 8.76. The summed E-state index contributed by atoms with van der Waals surface area (Å²) in [6.07, 6.45) is 5.46. The zero-order chi connectivity index (χ0) is 21.3. The predicted molar refractivity (Wildman–Crippen MR) is 115 cm³/mol. The fraction of sp³-hybridized carbons (Fsp3) is 0.609. The van der Waals surface area contributed by atoms with Crippen LogP contribution in [-0.2, 0) is 16.1 Å². The van der Waals surface area contributed by atoms with Crippen LogP contribution in [0.5, 0.6) is 0 Å². The zero-order valence-electron chi connectivity index (χ0n) is 17.9. The van der Waals surface area contributed by atoms with E-state index in [-0.39, 0.29) is 24.1 Å². The Labute approximate surface area is 178 Å². The van der Waals surface area contributed by atoms with Crippen LogP contribution in [0.3, 0.4) is 0 Å². The highest BCUT2D eigenvalue weighted by molar-refractivity contribution is 6.05. The number of anilines is 1. The molecule has 1 aromatic carbocycles. The van der Waals surface area contributed by atoms with Gasteiger partial charge in [0.1, 0.15) is 6.04 Å². The highest BCUT2D eigenvalue weighted by atomic mass is 16.2. The summed E-state index contributed by atoms with van der Waals surface area (Å²) in [5, 5.41) is 9.76. The molecule has 2 aliphatic heterocycles. The first-order valence-corrected chi connectivity index (χ1v) is 11.2. The Morgan fingerprint density at radius 3 is 2.60 bits per heavy atom. The summed E-state index contributed by atoms with van der Waals surface area (Å²) in [5.41, 5.74) is 2.62. The normalized spacial score (nSPS) is 26.7. The number of piperidine rings is 1. The number of hydrogen-bond acceptors (Lipinski definition) is 5. The van der Waals surface area contributed by atoms with Gasteiger partial charge in [0.25, 0.3) is 5.91 Å². The summed E-state index contributed by atoms with van der Waals surface area (Å²) < 4.78 is 0. The Hall–Kier alpha value is -2.41. The third kappa shape index (κ3) is 4.36. The van der Waals surface area contributed by atoms with Gasteiger partial charge in [0.2, 0.25) is 11.8 Å². The second-order valence-electron chi connectivity index (χ2n) is 9.22. The maximum Gasteiger partial charge on any atom is 0.255 e. The summed E-state index contributed by atoms with van der Waals surface area (Å²) in [4.78, 5) is 38.1. The average Bonchev–Trinajstić information content (AvgIpc) is 3.03.